The normalized spacial score (nSPS) is 12.8. The van der Waals surface area contributed by atoms with Crippen LogP contribution in [0, 0.1) is 6.92 Å². The summed E-state index contributed by atoms with van der Waals surface area (Å²) in [5.74, 6) is 1.57. The highest BCUT2D eigenvalue weighted by Crippen LogP contribution is 2.30. The van der Waals surface area contributed by atoms with Crippen LogP contribution in [0.1, 0.15) is 11.1 Å². The largest absolute Gasteiger partial charge is 0.486 e. The van der Waals surface area contributed by atoms with Gasteiger partial charge in [-0.25, -0.2) is 0 Å². The van der Waals surface area contributed by atoms with E-state index in [1.54, 1.807) is 0 Å². The number of hydrogen-bond acceptors (Lipinski definition) is 5. The van der Waals surface area contributed by atoms with Crippen molar-refractivity contribution in [2.75, 3.05) is 32.8 Å². The highest BCUT2D eigenvalue weighted by molar-refractivity contribution is 5.77. The molecule has 2 N–H and O–H groups in total. The second-order valence-corrected chi connectivity index (χ2v) is 6.04. The number of aryl methyl sites for hydroxylation is 1. The van der Waals surface area contributed by atoms with Gasteiger partial charge < -0.3 is 20.1 Å². The van der Waals surface area contributed by atoms with Gasteiger partial charge in [0.15, 0.2) is 11.5 Å². The molecule has 1 amide bonds. The van der Waals surface area contributed by atoms with E-state index in [1.807, 2.05) is 42.2 Å². The molecule has 0 radical (unpaired) electrons. The van der Waals surface area contributed by atoms with Crippen molar-refractivity contribution in [2.24, 2.45) is 0 Å². The predicted molar refractivity (Wildman–Crippen MR) is 94.0 cm³/mol. The highest BCUT2D eigenvalue weighted by atomic mass is 16.6. The van der Waals surface area contributed by atoms with Crippen molar-refractivity contribution in [3.8, 4) is 11.5 Å². The average Bonchev–Trinajstić information content (AvgIpc) is 3.04. The topological polar surface area (TPSA) is 77.4 Å². The Balaban J connectivity index is 1.31. The number of aromatic nitrogens is 2. The van der Waals surface area contributed by atoms with Crippen LogP contribution in [0.15, 0.2) is 30.6 Å². The molecule has 7 nitrogen and oxygen atoms in total. The minimum absolute atomic E-state index is 0.00538. The first-order valence-electron chi connectivity index (χ1n) is 8.56. The summed E-state index contributed by atoms with van der Waals surface area (Å²) in [6.45, 7) is 5.54. The summed E-state index contributed by atoms with van der Waals surface area (Å²) in [4.78, 5) is 11.8. The van der Waals surface area contributed by atoms with Crippen LogP contribution in [-0.2, 0) is 17.8 Å². The van der Waals surface area contributed by atoms with Crippen molar-refractivity contribution in [3.63, 3.8) is 0 Å². The van der Waals surface area contributed by atoms with Gasteiger partial charge in [-0.1, -0.05) is 6.07 Å². The van der Waals surface area contributed by atoms with E-state index in [-0.39, 0.29) is 5.91 Å². The molecule has 134 valence electrons. The Labute approximate surface area is 147 Å². The van der Waals surface area contributed by atoms with Crippen LogP contribution >= 0.6 is 0 Å². The molecule has 0 fully saturated rings. The van der Waals surface area contributed by atoms with Gasteiger partial charge in [0.25, 0.3) is 0 Å². The Hall–Kier alpha value is -2.54. The van der Waals surface area contributed by atoms with Gasteiger partial charge in [-0.15, -0.1) is 0 Å². The van der Waals surface area contributed by atoms with E-state index in [2.05, 4.69) is 15.7 Å². The monoisotopic (exact) mass is 344 g/mol. The van der Waals surface area contributed by atoms with Gasteiger partial charge in [0.1, 0.15) is 13.2 Å². The lowest BCUT2D eigenvalue weighted by atomic mass is 10.1. The number of hydrogen-bond donors (Lipinski definition) is 2. The van der Waals surface area contributed by atoms with Crippen LogP contribution in [0.25, 0.3) is 0 Å². The van der Waals surface area contributed by atoms with Gasteiger partial charge in [-0.2, -0.15) is 5.10 Å². The summed E-state index contributed by atoms with van der Waals surface area (Å²) < 4.78 is 12.9. The van der Waals surface area contributed by atoms with Crippen molar-refractivity contribution in [2.45, 2.75) is 19.9 Å². The lowest BCUT2D eigenvalue weighted by molar-refractivity contribution is -0.120. The fourth-order valence-corrected chi connectivity index (χ4v) is 2.64. The van der Waals surface area contributed by atoms with Gasteiger partial charge in [0.2, 0.25) is 5.91 Å². The Morgan fingerprint density at radius 3 is 2.88 bits per heavy atom. The van der Waals surface area contributed by atoms with E-state index in [9.17, 15) is 4.79 Å². The van der Waals surface area contributed by atoms with Gasteiger partial charge >= 0.3 is 0 Å². The van der Waals surface area contributed by atoms with Crippen LogP contribution in [0.3, 0.4) is 0 Å². The van der Waals surface area contributed by atoms with Gasteiger partial charge in [0, 0.05) is 19.3 Å². The number of nitrogens with one attached hydrogen (secondary N) is 2. The van der Waals surface area contributed by atoms with Crippen molar-refractivity contribution < 1.29 is 14.3 Å². The quantitative estimate of drug-likeness (QED) is 0.696. The fourth-order valence-electron chi connectivity index (χ4n) is 2.64. The molecule has 2 aromatic rings. The van der Waals surface area contributed by atoms with E-state index in [0.29, 0.717) is 32.8 Å². The van der Waals surface area contributed by atoms with Crippen molar-refractivity contribution in [1.82, 2.24) is 20.4 Å². The highest BCUT2D eigenvalue weighted by Gasteiger charge is 2.11. The van der Waals surface area contributed by atoms with E-state index in [0.717, 1.165) is 35.6 Å². The average molecular weight is 344 g/mol. The summed E-state index contributed by atoms with van der Waals surface area (Å²) >= 11 is 0. The zero-order valence-corrected chi connectivity index (χ0v) is 14.5. The SMILES string of the molecule is Cc1cnn(CCNCC(=O)NCCc2ccc3c(c2)OCCO3)c1. The maximum atomic E-state index is 11.8. The molecule has 25 heavy (non-hydrogen) atoms. The molecule has 0 bridgehead atoms. The van der Waals surface area contributed by atoms with E-state index < -0.39 is 0 Å². The van der Waals surface area contributed by atoms with E-state index in [1.165, 1.54) is 0 Å². The van der Waals surface area contributed by atoms with Crippen molar-refractivity contribution >= 4 is 5.91 Å². The number of amides is 1. The van der Waals surface area contributed by atoms with Crippen LogP contribution in [0.5, 0.6) is 11.5 Å². The van der Waals surface area contributed by atoms with Crippen LogP contribution in [0.4, 0.5) is 0 Å². The zero-order chi connectivity index (χ0) is 17.5. The Bertz CT molecular complexity index is 714. The number of benzene rings is 1. The molecule has 7 heteroatoms. The van der Waals surface area contributed by atoms with Crippen LogP contribution < -0.4 is 20.1 Å². The molecule has 0 unspecified atom stereocenters. The maximum Gasteiger partial charge on any atom is 0.233 e. The first-order chi connectivity index (χ1) is 12.2. The Morgan fingerprint density at radius 1 is 1.24 bits per heavy atom. The summed E-state index contributed by atoms with van der Waals surface area (Å²) in [6, 6.07) is 5.90. The molecule has 2 heterocycles. The number of nitrogens with zero attached hydrogens (tertiary/aromatic N) is 2. The van der Waals surface area contributed by atoms with Gasteiger partial charge in [-0.3, -0.25) is 9.48 Å². The van der Waals surface area contributed by atoms with Gasteiger partial charge in [-0.05, 0) is 36.6 Å². The minimum Gasteiger partial charge on any atom is -0.486 e. The van der Waals surface area contributed by atoms with Crippen molar-refractivity contribution in [3.05, 3.63) is 41.7 Å². The molecule has 0 saturated carbocycles. The van der Waals surface area contributed by atoms with Gasteiger partial charge in [0.05, 0.1) is 19.3 Å². The second kappa shape index (κ2) is 8.53. The lowest BCUT2D eigenvalue weighted by Crippen LogP contribution is -2.36. The maximum absolute atomic E-state index is 11.8. The molecule has 0 saturated heterocycles. The smallest absolute Gasteiger partial charge is 0.233 e. The van der Waals surface area contributed by atoms with Crippen LogP contribution in [0.2, 0.25) is 0 Å². The number of rotatable bonds is 8. The molecule has 0 atom stereocenters. The molecule has 1 aliphatic heterocycles. The summed E-state index contributed by atoms with van der Waals surface area (Å²) in [5, 5.41) is 10.2. The Kier molecular flexibility index (Phi) is 5.90. The third-order valence-corrected chi connectivity index (χ3v) is 3.91. The number of ether oxygens (including phenoxy) is 2. The zero-order valence-electron chi connectivity index (χ0n) is 14.5. The fraction of sp³-hybridized carbons (Fsp3) is 0.444. The van der Waals surface area contributed by atoms with Crippen molar-refractivity contribution in [1.29, 1.82) is 0 Å². The van der Waals surface area contributed by atoms with Crippen LogP contribution in [-0.4, -0.2) is 48.5 Å². The molecular formula is C18H24N4O3. The lowest BCUT2D eigenvalue weighted by Gasteiger charge is -2.18. The van der Waals surface area contributed by atoms with E-state index >= 15 is 0 Å². The first-order valence-corrected chi connectivity index (χ1v) is 8.56. The summed E-state index contributed by atoms with van der Waals surface area (Å²) in [5.41, 5.74) is 2.25. The summed E-state index contributed by atoms with van der Waals surface area (Å²) in [7, 11) is 0. The number of carbonyl (C=O) groups is 1. The molecule has 3 rings (SSSR count). The molecule has 1 aromatic heterocycles. The third kappa shape index (κ3) is 5.22. The molecule has 1 aromatic carbocycles. The second-order valence-electron chi connectivity index (χ2n) is 6.04. The number of fused-ring (bicyclic) bond motifs is 1. The third-order valence-electron chi connectivity index (χ3n) is 3.91. The Morgan fingerprint density at radius 2 is 2.08 bits per heavy atom. The predicted octanol–water partition coefficient (Wildman–Crippen LogP) is 0.911. The van der Waals surface area contributed by atoms with E-state index in [4.69, 9.17) is 9.47 Å². The molecular weight excluding hydrogens is 320 g/mol. The standard InChI is InChI=1S/C18H24N4O3/c1-14-11-21-22(13-14)7-6-19-12-18(23)20-5-4-15-2-3-16-17(10-15)25-9-8-24-16/h2-3,10-11,13,19H,4-9,12H2,1H3,(H,20,23). The number of carbonyl (C=O) groups excluding carboxylic acids is 1. The minimum atomic E-state index is -0.00538. The first kappa shape index (κ1) is 17.3. The molecule has 0 spiro atoms. The molecule has 0 aliphatic carbocycles. The summed E-state index contributed by atoms with van der Waals surface area (Å²) in [6.07, 6.45) is 4.56. The molecule has 1 aliphatic rings.